The number of nitrogens with zero attached hydrogens (tertiary/aromatic N) is 1. The number of benzene rings is 2. The molecule has 0 unspecified atom stereocenters. The Bertz CT molecular complexity index is 1360. The number of hydrogen-bond donors (Lipinski definition) is 2. The van der Waals surface area contributed by atoms with E-state index in [1.807, 2.05) is 37.3 Å². The number of aromatic nitrogens is 1. The molecule has 0 spiro atoms. The number of hydrogen-bond acceptors (Lipinski definition) is 6. The molecule has 2 aromatic carbocycles. The molecule has 0 atom stereocenters. The summed E-state index contributed by atoms with van der Waals surface area (Å²) < 4.78 is 32.4. The molecule has 0 aliphatic heterocycles. The molecule has 33 heavy (non-hydrogen) atoms. The largest absolute Gasteiger partial charge is 0.468 e. The second-order valence-corrected chi connectivity index (χ2v) is 9.86. The van der Waals surface area contributed by atoms with E-state index in [1.165, 1.54) is 35.8 Å². The zero-order chi connectivity index (χ0) is 23.3. The molecular weight excluding hydrogens is 458 g/mol. The first kappa shape index (κ1) is 22.7. The van der Waals surface area contributed by atoms with Gasteiger partial charge in [-0.15, -0.1) is 0 Å². The first-order valence-electron chi connectivity index (χ1n) is 10.0. The first-order chi connectivity index (χ1) is 15.9. The standard InChI is InChI=1S/C24H21N3O4S2/c1-17-23(19-6-3-2-4-7-19)32-24(26-17)27-22(28)14-11-18-9-12-21(13-10-18)33(29,30)25-16-20-8-5-15-31-20/h2-15,25H,16H2,1H3,(H,26,27,28). The SMILES string of the molecule is Cc1nc(NC(=O)C=Cc2ccc(S(=O)(=O)NCc3ccco3)cc2)sc1-c1ccccc1. The first-order valence-corrected chi connectivity index (χ1v) is 12.3. The van der Waals surface area contributed by atoms with Gasteiger partial charge in [-0.1, -0.05) is 53.8 Å². The summed E-state index contributed by atoms with van der Waals surface area (Å²) in [5.74, 6) is 0.204. The van der Waals surface area contributed by atoms with E-state index < -0.39 is 10.0 Å². The summed E-state index contributed by atoms with van der Waals surface area (Å²) in [4.78, 5) is 17.9. The van der Waals surface area contributed by atoms with Crippen LogP contribution in [0.25, 0.3) is 16.5 Å². The summed E-state index contributed by atoms with van der Waals surface area (Å²) in [7, 11) is -3.67. The van der Waals surface area contributed by atoms with E-state index in [9.17, 15) is 13.2 Å². The molecule has 1 amide bonds. The quantitative estimate of drug-likeness (QED) is 0.352. The van der Waals surface area contributed by atoms with Crippen LogP contribution in [0.2, 0.25) is 0 Å². The molecule has 0 saturated heterocycles. The van der Waals surface area contributed by atoms with E-state index in [0.717, 1.165) is 16.1 Å². The van der Waals surface area contributed by atoms with Gasteiger partial charge in [0.25, 0.3) is 0 Å². The molecule has 4 aromatic rings. The monoisotopic (exact) mass is 479 g/mol. The third-order valence-corrected chi connectivity index (χ3v) is 7.24. The van der Waals surface area contributed by atoms with Crippen LogP contribution in [0, 0.1) is 6.92 Å². The van der Waals surface area contributed by atoms with Crippen LogP contribution in [0.3, 0.4) is 0 Å². The fourth-order valence-electron chi connectivity index (χ4n) is 3.05. The number of rotatable bonds is 8. The zero-order valence-corrected chi connectivity index (χ0v) is 19.3. The Labute approximate surface area is 195 Å². The van der Waals surface area contributed by atoms with Crippen molar-refractivity contribution in [3.05, 3.63) is 96.1 Å². The van der Waals surface area contributed by atoms with Gasteiger partial charge in [0.05, 0.1) is 28.3 Å². The van der Waals surface area contributed by atoms with E-state index in [4.69, 9.17) is 4.42 Å². The predicted molar refractivity (Wildman–Crippen MR) is 129 cm³/mol. The highest BCUT2D eigenvalue weighted by Gasteiger charge is 2.14. The van der Waals surface area contributed by atoms with Crippen molar-refractivity contribution in [3.8, 4) is 10.4 Å². The van der Waals surface area contributed by atoms with Crippen molar-refractivity contribution in [2.24, 2.45) is 0 Å². The lowest BCUT2D eigenvalue weighted by Crippen LogP contribution is -2.22. The van der Waals surface area contributed by atoms with Crippen molar-refractivity contribution in [1.29, 1.82) is 0 Å². The maximum atomic E-state index is 12.4. The molecule has 9 heteroatoms. The lowest BCUT2D eigenvalue weighted by atomic mass is 10.2. The lowest BCUT2D eigenvalue weighted by molar-refractivity contribution is -0.111. The highest BCUT2D eigenvalue weighted by atomic mass is 32.2. The van der Waals surface area contributed by atoms with Gasteiger partial charge >= 0.3 is 0 Å². The number of aryl methyl sites for hydroxylation is 1. The highest BCUT2D eigenvalue weighted by Crippen LogP contribution is 2.32. The van der Waals surface area contributed by atoms with Crippen LogP contribution in [-0.4, -0.2) is 19.3 Å². The fraction of sp³-hybridized carbons (Fsp3) is 0.0833. The molecule has 0 aliphatic carbocycles. The molecule has 2 aromatic heterocycles. The van der Waals surface area contributed by atoms with E-state index >= 15 is 0 Å². The average Bonchev–Trinajstić information content (AvgIpc) is 3.47. The summed E-state index contributed by atoms with van der Waals surface area (Å²) in [6.45, 7) is 1.97. The van der Waals surface area contributed by atoms with Gasteiger partial charge in [0, 0.05) is 6.08 Å². The molecule has 2 N–H and O–H groups in total. The van der Waals surface area contributed by atoms with Gasteiger partial charge in [-0.25, -0.2) is 18.1 Å². The third-order valence-electron chi connectivity index (χ3n) is 4.70. The Kier molecular flexibility index (Phi) is 6.83. The van der Waals surface area contributed by atoms with Crippen LogP contribution in [0.1, 0.15) is 17.0 Å². The van der Waals surface area contributed by atoms with Crippen LogP contribution in [0.4, 0.5) is 5.13 Å². The fourth-order valence-corrected chi connectivity index (χ4v) is 5.02. The van der Waals surface area contributed by atoms with Gasteiger partial charge in [-0.3, -0.25) is 10.1 Å². The van der Waals surface area contributed by atoms with Crippen LogP contribution in [0.15, 0.2) is 88.4 Å². The van der Waals surface area contributed by atoms with Crippen LogP contribution in [-0.2, 0) is 21.4 Å². The van der Waals surface area contributed by atoms with Gasteiger partial charge in [0.15, 0.2) is 5.13 Å². The van der Waals surface area contributed by atoms with Crippen molar-refractivity contribution in [2.45, 2.75) is 18.4 Å². The minimum absolute atomic E-state index is 0.0688. The van der Waals surface area contributed by atoms with Gasteiger partial charge in [0.2, 0.25) is 15.9 Å². The number of furan rings is 1. The van der Waals surface area contributed by atoms with Gasteiger partial charge in [-0.05, 0) is 48.4 Å². The van der Waals surface area contributed by atoms with Crippen LogP contribution in [0.5, 0.6) is 0 Å². The number of anilines is 1. The van der Waals surface area contributed by atoms with Crippen molar-refractivity contribution in [2.75, 3.05) is 5.32 Å². The third kappa shape index (κ3) is 5.83. The predicted octanol–water partition coefficient (Wildman–Crippen LogP) is 4.84. The smallest absolute Gasteiger partial charge is 0.250 e. The molecule has 0 bridgehead atoms. The number of amides is 1. The van der Waals surface area contributed by atoms with Crippen LogP contribution >= 0.6 is 11.3 Å². The zero-order valence-electron chi connectivity index (χ0n) is 17.7. The molecule has 4 rings (SSSR count). The van der Waals surface area contributed by atoms with Gasteiger partial charge < -0.3 is 4.42 Å². The Morgan fingerprint density at radius 1 is 1.06 bits per heavy atom. The summed E-state index contributed by atoms with van der Waals surface area (Å²) in [6.07, 6.45) is 4.48. The van der Waals surface area contributed by atoms with Gasteiger partial charge in [-0.2, -0.15) is 0 Å². The maximum absolute atomic E-state index is 12.4. The minimum Gasteiger partial charge on any atom is -0.468 e. The minimum atomic E-state index is -3.67. The van der Waals surface area contributed by atoms with Crippen molar-refractivity contribution >= 4 is 38.5 Å². The summed E-state index contributed by atoms with van der Waals surface area (Å²) in [6, 6.07) is 19.5. The van der Waals surface area contributed by atoms with Crippen molar-refractivity contribution in [1.82, 2.24) is 9.71 Å². The average molecular weight is 480 g/mol. The van der Waals surface area contributed by atoms with Crippen LogP contribution < -0.4 is 10.0 Å². The van der Waals surface area contributed by atoms with E-state index in [1.54, 1.807) is 30.3 Å². The second kappa shape index (κ2) is 9.95. The summed E-state index contributed by atoms with van der Waals surface area (Å²) in [5.41, 5.74) is 2.59. The number of carbonyl (C=O) groups is 1. The van der Waals surface area contributed by atoms with E-state index in [0.29, 0.717) is 16.5 Å². The Balaban J connectivity index is 1.37. The second-order valence-electron chi connectivity index (χ2n) is 7.10. The molecule has 0 saturated carbocycles. The van der Waals surface area contributed by atoms with Crippen molar-refractivity contribution < 1.29 is 17.6 Å². The molecular formula is C24H21N3O4S2. The highest BCUT2D eigenvalue weighted by molar-refractivity contribution is 7.89. The number of carbonyl (C=O) groups excluding carboxylic acids is 1. The number of thiazole rings is 1. The lowest BCUT2D eigenvalue weighted by Gasteiger charge is -2.05. The number of nitrogens with one attached hydrogen (secondary N) is 2. The molecule has 7 nitrogen and oxygen atoms in total. The molecule has 0 radical (unpaired) electrons. The Morgan fingerprint density at radius 3 is 2.52 bits per heavy atom. The molecule has 0 fully saturated rings. The van der Waals surface area contributed by atoms with Gasteiger partial charge in [0.1, 0.15) is 5.76 Å². The van der Waals surface area contributed by atoms with E-state index in [2.05, 4.69) is 15.0 Å². The topological polar surface area (TPSA) is 101 Å². The summed E-state index contributed by atoms with van der Waals surface area (Å²) in [5, 5.41) is 3.29. The molecule has 2 heterocycles. The summed E-state index contributed by atoms with van der Waals surface area (Å²) >= 11 is 1.41. The Morgan fingerprint density at radius 2 is 1.82 bits per heavy atom. The van der Waals surface area contributed by atoms with Crippen molar-refractivity contribution in [3.63, 3.8) is 0 Å². The van der Waals surface area contributed by atoms with E-state index in [-0.39, 0.29) is 17.3 Å². The number of sulfonamides is 1. The molecule has 0 aliphatic rings. The maximum Gasteiger partial charge on any atom is 0.250 e. The normalized spacial score (nSPS) is 11.7. The Hall–Kier alpha value is -3.53. The molecule has 168 valence electrons.